The second-order valence-corrected chi connectivity index (χ2v) is 5.19. The predicted molar refractivity (Wildman–Crippen MR) is 91.2 cm³/mol. The number of esters is 1. The van der Waals surface area contributed by atoms with E-state index in [4.69, 9.17) is 15.2 Å². The summed E-state index contributed by atoms with van der Waals surface area (Å²) in [7, 11) is 0. The fourth-order valence-electron chi connectivity index (χ4n) is 2.02. The molecule has 0 unspecified atom stereocenters. The van der Waals surface area contributed by atoms with Crippen LogP contribution in [0.5, 0.6) is 5.75 Å². The van der Waals surface area contributed by atoms with Crippen LogP contribution in [0.2, 0.25) is 0 Å². The number of carbonyl (C=O) groups excluding carboxylic acids is 3. The van der Waals surface area contributed by atoms with Crippen LogP contribution < -0.4 is 15.8 Å². The number of ether oxygens (including phenoxy) is 2. The van der Waals surface area contributed by atoms with E-state index in [1.165, 1.54) is 12.1 Å². The average molecular weight is 342 g/mol. The Bertz CT molecular complexity index is 789. The second kappa shape index (κ2) is 8.49. The Kier molecular flexibility index (Phi) is 6.11. The molecule has 0 aromatic heterocycles. The van der Waals surface area contributed by atoms with Crippen molar-refractivity contribution in [2.45, 2.75) is 6.92 Å². The lowest BCUT2D eigenvalue weighted by Gasteiger charge is -2.11. The molecule has 0 aliphatic carbocycles. The maximum atomic E-state index is 12.1. The van der Waals surface area contributed by atoms with Crippen molar-refractivity contribution >= 4 is 23.5 Å². The molecule has 0 aliphatic rings. The van der Waals surface area contributed by atoms with Crippen LogP contribution in [0.3, 0.4) is 0 Å². The Hall–Kier alpha value is -3.35. The van der Waals surface area contributed by atoms with Crippen molar-refractivity contribution in [3.63, 3.8) is 0 Å². The van der Waals surface area contributed by atoms with Crippen LogP contribution in [0, 0.1) is 6.92 Å². The number of rotatable bonds is 7. The van der Waals surface area contributed by atoms with Gasteiger partial charge in [0.05, 0.1) is 0 Å². The fraction of sp³-hybridized carbons (Fsp3) is 0.167. The molecular weight excluding hydrogens is 324 g/mol. The Morgan fingerprint density at radius 2 is 1.68 bits per heavy atom. The molecule has 25 heavy (non-hydrogen) atoms. The minimum Gasteiger partial charge on any atom is -0.483 e. The standard InChI is InChI=1S/C18H18N2O5/c1-12-6-2-4-8-14(12)20-17(22)11-25-18(23)13-7-3-5-9-15(13)24-10-16(19)21/h2-9H,10-11H2,1H3,(H2,19,21)(H,20,22). The highest BCUT2D eigenvalue weighted by Gasteiger charge is 2.16. The minimum atomic E-state index is -0.736. The van der Waals surface area contributed by atoms with Crippen molar-refractivity contribution in [2.75, 3.05) is 18.5 Å². The number of benzene rings is 2. The monoisotopic (exact) mass is 342 g/mol. The van der Waals surface area contributed by atoms with Crippen molar-refractivity contribution in [3.8, 4) is 5.75 Å². The van der Waals surface area contributed by atoms with Gasteiger partial charge in [0.2, 0.25) is 0 Å². The van der Waals surface area contributed by atoms with E-state index < -0.39 is 24.4 Å². The van der Waals surface area contributed by atoms with Gasteiger partial charge in [0.25, 0.3) is 11.8 Å². The lowest BCUT2D eigenvalue weighted by atomic mass is 10.2. The lowest BCUT2D eigenvalue weighted by Crippen LogP contribution is -2.23. The molecule has 0 saturated carbocycles. The number of para-hydroxylation sites is 2. The quantitative estimate of drug-likeness (QED) is 0.744. The van der Waals surface area contributed by atoms with Crippen LogP contribution in [-0.4, -0.2) is 31.0 Å². The van der Waals surface area contributed by atoms with Gasteiger partial charge in [0.15, 0.2) is 13.2 Å². The zero-order chi connectivity index (χ0) is 18.2. The molecule has 2 aromatic rings. The van der Waals surface area contributed by atoms with Crippen molar-refractivity contribution in [1.82, 2.24) is 0 Å². The summed E-state index contributed by atoms with van der Waals surface area (Å²) in [5.41, 5.74) is 6.66. The topological polar surface area (TPSA) is 108 Å². The summed E-state index contributed by atoms with van der Waals surface area (Å²) in [6, 6.07) is 13.5. The minimum absolute atomic E-state index is 0.104. The van der Waals surface area contributed by atoms with Crippen LogP contribution in [-0.2, 0) is 14.3 Å². The molecule has 0 spiro atoms. The summed E-state index contributed by atoms with van der Waals surface area (Å²) < 4.78 is 10.2. The van der Waals surface area contributed by atoms with Crippen molar-refractivity contribution in [2.24, 2.45) is 5.73 Å². The highest BCUT2D eigenvalue weighted by atomic mass is 16.5. The molecule has 2 rings (SSSR count). The molecule has 0 atom stereocenters. The number of anilines is 1. The van der Waals surface area contributed by atoms with Crippen LogP contribution in [0.25, 0.3) is 0 Å². The van der Waals surface area contributed by atoms with Gasteiger partial charge in [0.1, 0.15) is 11.3 Å². The van der Waals surface area contributed by atoms with Crippen molar-refractivity contribution in [1.29, 1.82) is 0 Å². The van der Waals surface area contributed by atoms with E-state index in [0.29, 0.717) is 5.69 Å². The summed E-state index contributed by atoms with van der Waals surface area (Å²) in [4.78, 5) is 34.9. The van der Waals surface area contributed by atoms with Crippen LogP contribution in [0.1, 0.15) is 15.9 Å². The first-order valence-corrected chi connectivity index (χ1v) is 7.50. The average Bonchev–Trinajstić information content (AvgIpc) is 2.60. The van der Waals surface area contributed by atoms with Crippen LogP contribution in [0.15, 0.2) is 48.5 Å². The van der Waals surface area contributed by atoms with Gasteiger partial charge in [-0.1, -0.05) is 30.3 Å². The largest absolute Gasteiger partial charge is 0.483 e. The summed E-state index contributed by atoms with van der Waals surface area (Å²) in [6.45, 7) is 1.04. The van der Waals surface area contributed by atoms with Gasteiger partial charge in [-0.2, -0.15) is 0 Å². The molecule has 0 fully saturated rings. The van der Waals surface area contributed by atoms with Gasteiger partial charge < -0.3 is 20.5 Å². The third kappa shape index (κ3) is 5.35. The number of aryl methyl sites for hydroxylation is 1. The SMILES string of the molecule is Cc1ccccc1NC(=O)COC(=O)c1ccccc1OCC(N)=O. The fourth-order valence-corrected chi connectivity index (χ4v) is 2.02. The van der Waals surface area contributed by atoms with E-state index in [-0.39, 0.29) is 17.9 Å². The number of hydrogen-bond donors (Lipinski definition) is 2. The maximum Gasteiger partial charge on any atom is 0.342 e. The summed E-state index contributed by atoms with van der Waals surface area (Å²) in [5, 5.41) is 2.66. The Balaban J connectivity index is 1.95. The molecule has 7 nitrogen and oxygen atoms in total. The summed E-state index contributed by atoms with van der Waals surface area (Å²) >= 11 is 0. The number of primary amides is 1. The molecule has 2 aromatic carbocycles. The molecule has 2 amide bonds. The third-order valence-corrected chi connectivity index (χ3v) is 3.23. The smallest absolute Gasteiger partial charge is 0.342 e. The first-order valence-electron chi connectivity index (χ1n) is 7.50. The number of nitrogens with one attached hydrogen (secondary N) is 1. The van der Waals surface area contributed by atoms with Crippen molar-refractivity contribution in [3.05, 3.63) is 59.7 Å². The number of nitrogens with two attached hydrogens (primary N) is 1. The first kappa shape index (κ1) is 18.0. The van der Waals surface area contributed by atoms with Crippen LogP contribution in [0.4, 0.5) is 5.69 Å². The van der Waals surface area contributed by atoms with Gasteiger partial charge in [-0.05, 0) is 30.7 Å². The zero-order valence-electron chi connectivity index (χ0n) is 13.7. The summed E-state index contributed by atoms with van der Waals surface area (Å²) in [6.07, 6.45) is 0. The third-order valence-electron chi connectivity index (χ3n) is 3.23. The summed E-state index contributed by atoms with van der Waals surface area (Å²) in [5.74, 6) is -1.70. The van der Waals surface area contributed by atoms with Crippen LogP contribution >= 0.6 is 0 Å². The van der Waals surface area contributed by atoms with Gasteiger partial charge in [-0.25, -0.2) is 4.79 Å². The Morgan fingerprint density at radius 3 is 2.40 bits per heavy atom. The molecule has 7 heteroatoms. The van der Waals surface area contributed by atoms with E-state index in [9.17, 15) is 14.4 Å². The Labute approximate surface area is 144 Å². The van der Waals surface area contributed by atoms with E-state index in [1.807, 2.05) is 19.1 Å². The highest BCUT2D eigenvalue weighted by molar-refractivity contribution is 5.97. The zero-order valence-corrected chi connectivity index (χ0v) is 13.7. The molecule has 130 valence electrons. The van der Waals surface area contributed by atoms with Gasteiger partial charge in [0, 0.05) is 5.69 Å². The second-order valence-electron chi connectivity index (χ2n) is 5.19. The van der Waals surface area contributed by atoms with Gasteiger partial charge >= 0.3 is 5.97 Å². The van der Waals surface area contributed by atoms with E-state index >= 15 is 0 Å². The van der Waals surface area contributed by atoms with Gasteiger partial charge in [-0.3, -0.25) is 9.59 Å². The molecule has 0 aliphatic heterocycles. The molecular formula is C18H18N2O5. The van der Waals surface area contributed by atoms with E-state index in [2.05, 4.69) is 5.32 Å². The number of carbonyl (C=O) groups is 3. The van der Waals surface area contributed by atoms with Crippen molar-refractivity contribution < 1.29 is 23.9 Å². The normalized spacial score (nSPS) is 9.96. The van der Waals surface area contributed by atoms with E-state index in [0.717, 1.165) is 5.56 Å². The molecule has 0 radical (unpaired) electrons. The van der Waals surface area contributed by atoms with Gasteiger partial charge in [-0.15, -0.1) is 0 Å². The maximum absolute atomic E-state index is 12.1. The molecule has 3 N–H and O–H groups in total. The number of amides is 2. The predicted octanol–water partition coefficient (Wildman–Crippen LogP) is 1.65. The van der Waals surface area contributed by atoms with E-state index in [1.54, 1.807) is 24.3 Å². The first-order chi connectivity index (χ1) is 12.0. The number of hydrogen-bond acceptors (Lipinski definition) is 5. The molecule has 0 bridgehead atoms. The lowest BCUT2D eigenvalue weighted by molar-refractivity contribution is -0.120. The molecule has 0 heterocycles. The Morgan fingerprint density at radius 1 is 1.00 bits per heavy atom. The molecule has 0 saturated heterocycles. The highest BCUT2D eigenvalue weighted by Crippen LogP contribution is 2.19.